The van der Waals surface area contributed by atoms with Crippen molar-refractivity contribution in [2.75, 3.05) is 20.8 Å². The quantitative estimate of drug-likeness (QED) is 0.463. The van der Waals surface area contributed by atoms with Gasteiger partial charge in [0, 0.05) is 7.05 Å². The second-order valence-corrected chi connectivity index (χ2v) is 5.40. The van der Waals surface area contributed by atoms with Gasteiger partial charge in [-0.05, 0) is 29.3 Å². The van der Waals surface area contributed by atoms with Crippen molar-refractivity contribution < 1.29 is 23.9 Å². The van der Waals surface area contributed by atoms with Crippen LogP contribution < -0.4 is 15.4 Å². The molecule has 7 nitrogen and oxygen atoms in total. The highest BCUT2D eigenvalue weighted by Crippen LogP contribution is 2.22. The number of amides is 3. The van der Waals surface area contributed by atoms with E-state index < -0.39 is 24.5 Å². The first-order valence-corrected chi connectivity index (χ1v) is 8.13. The number of benzene rings is 2. The van der Waals surface area contributed by atoms with E-state index in [2.05, 4.69) is 5.32 Å². The highest BCUT2D eigenvalue weighted by molar-refractivity contribution is 6.21. The molecule has 7 heteroatoms. The van der Waals surface area contributed by atoms with Crippen LogP contribution in [-0.2, 0) is 14.3 Å². The minimum Gasteiger partial charge on any atom is -0.497 e. The van der Waals surface area contributed by atoms with Crippen LogP contribution >= 0.6 is 0 Å². The van der Waals surface area contributed by atoms with Gasteiger partial charge in [-0.2, -0.15) is 0 Å². The molecule has 27 heavy (non-hydrogen) atoms. The van der Waals surface area contributed by atoms with E-state index >= 15 is 0 Å². The summed E-state index contributed by atoms with van der Waals surface area (Å²) >= 11 is 0. The second kappa shape index (κ2) is 9.76. The van der Waals surface area contributed by atoms with Crippen LogP contribution in [0.5, 0.6) is 5.75 Å². The number of hydrogen-bond donors (Lipinski definition) is 2. The predicted molar refractivity (Wildman–Crippen MR) is 101 cm³/mol. The van der Waals surface area contributed by atoms with Gasteiger partial charge in [-0.1, -0.05) is 42.5 Å². The largest absolute Gasteiger partial charge is 0.497 e. The average molecular weight is 368 g/mol. The SMILES string of the molecule is CNC(=O)NC(=O)COC(=O)/C(=C/c1cccc(OC)c1)c1ccccc1. The highest BCUT2D eigenvalue weighted by Gasteiger charge is 2.16. The van der Waals surface area contributed by atoms with Crippen LogP contribution in [0.2, 0.25) is 0 Å². The van der Waals surface area contributed by atoms with E-state index in [0.29, 0.717) is 11.3 Å². The van der Waals surface area contributed by atoms with Crippen LogP contribution in [0, 0.1) is 0 Å². The lowest BCUT2D eigenvalue weighted by Gasteiger charge is -2.09. The van der Waals surface area contributed by atoms with Crippen molar-refractivity contribution in [2.24, 2.45) is 0 Å². The summed E-state index contributed by atoms with van der Waals surface area (Å²) in [5.74, 6) is -0.762. The molecule has 0 heterocycles. The number of carbonyl (C=O) groups is 3. The van der Waals surface area contributed by atoms with Gasteiger partial charge in [-0.25, -0.2) is 9.59 Å². The Balaban J connectivity index is 2.22. The van der Waals surface area contributed by atoms with Crippen LogP contribution in [-0.4, -0.2) is 38.7 Å². The lowest BCUT2D eigenvalue weighted by atomic mass is 10.0. The summed E-state index contributed by atoms with van der Waals surface area (Å²) in [4.78, 5) is 35.3. The van der Waals surface area contributed by atoms with Crippen molar-refractivity contribution in [1.29, 1.82) is 0 Å². The standard InChI is InChI=1S/C20H20N2O5/c1-21-20(25)22-18(23)13-27-19(24)17(15-8-4-3-5-9-15)12-14-7-6-10-16(11-14)26-2/h3-12H,13H2,1-2H3,(H2,21,22,23,25)/b17-12+. The number of carbonyl (C=O) groups excluding carboxylic acids is 3. The fraction of sp³-hybridized carbons (Fsp3) is 0.150. The lowest BCUT2D eigenvalue weighted by Crippen LogP contribution is -2.39. The molecule has 0 unspecified atom stereocenters. The van der Waals surface area contributed by atoms with Crippen LogP contribution in [0.4, 0.5) is 4.79 Å². The third-order valence-corrected chi connectivity index (χ3v) is 3.52. The van der Waals surface area contributed by atoms with Gasteiger partial charge in [0.15, 0.2) is 6.61 Å². The molecule has 3 amide bonds. The van der Waals surface area contributed by atoms with E-state index in [9.17, 15) is 14.4 Å². The van der Waals surface area contributed by atoms with Gasteiger partial charge in [0.1, 0.15) is 5.75 Å². The molecule has 0 spiro atoms. The molecule has 2 aromatic carbocycles. The Morgan fingerprint density at radius 2 is 1.78 bits per heavy atom. The second-order valence-electron chi connectivity index (χ2n) is 5.40. The fourth-order valence-electron chi connectivity index (χ4n) is 2.21. The number of rotatable bonds is 6. The van der Waals surface area contributed by atoms with Gasteiger partial charge in [0.25, 0.3) is 5.91 Å². The topological polar surface area (TPSA) is 93.7 Å². The normalized spacial score (nSPS) is 10.7. The Kier molecular flexibility index (Phi) is 7.13. The Morgan fingerprint density at radius 3 is 2.44 bits per heavy atom. The maximum atomic E-state index is 12.6. The Bertz CT molecular complexity index is 846. The molecule has 0 bridgehead atoms. The lowest BCUT2D eigenvalue weighted by molar-refractivity contribution is -0.142. The third-order valence-electron chi connectivity index (χ3n) is 3.52. The summed E-state index contributed by atoms with van der Waals surface area (Å²) in [6.07, 6.45) is 1.65. The van der Waals surface area contributed by atoms with Crippen molar-refractivity contribution in [3.8, 4) is 5.75 Å². The summed E-state index contributed by atoms with van der Waals surface area (Å²) in [6, 6.07) is 15.4. The summed E-state index contributed by atoms with van der Waals surface area (Å²) in [7, 11) is 2.93. The molecular formula is C20H20N2O5. The molecule has 0 radical (unpaired) electrons. The van der Waals surface area contributed by atoms with E-state index in [0.717, 1.165) is 5.56 Å². The van der Waals surface area contributed by atoms with Crippen molar-refractivity contribution in [2.45, 2.75) is 0 Å². The smallest absolute Gasteiger partial charge is 0.339 e. The molecule has 0 aliphatic carbocycles. The first-order chi connectivity index (χ1) is 13.0. The zero-order chi connectivity index (χ0) is 19.6. The Labute approximate surface area is 157 Å². The number of hydrogen-bond acceptors (Lipinski definition) is 5. The molecule has 140 valence electrons. The van der Waals surface area contributed by atoms with Crippen LogP contribution in [0.3, 0.4) is 0 Å². The monoisotopic (exact) mass is 368 g/mol. The molecule has 0 fully saturated rings. The molecule has 0 aliphatic rings. The summed E-state index contributed by atoms with van der Waals surface area (Å²) < 4.78 is 10.3. The number of nitrogens with one attached hydrogen (secondary N) is 2. The highest BCUT2D eigenvalue weighted by atomic mass is 16.5. The molecule has 0 saturated carbocycles. The van der Waals surface area contributed by atoms with Crippen LogP contribution in [0.1, 0.15) is 11.1 Å². The average Bonchev–Trinajstić information content (AvgIpc) is 2.70. The molecule has 0 saturated heterocycles. The zero-order valence-electron chi connectivity index (χ0n) is 15.0. The summed E-state index contributed by atoms with van der Waals surface area (Å²) in [5.41, 5.74) is 1.65. The van der Waals surface area contributed by atoms with Crippen LogP contribution in [0.15, 0.2) is 54.6 Å². The molecule has 0 aliphatic heterocycles. The van der Waals surface area contributed by atoms with E-state index in [-0.39, 0.29) is 5.57 Å². The van der Waals surface area contributed by atoms with Gasteiger partial charge < -0.3 is 14.8 Å². The van der Waals surface area contributed by atoms with Gasteiger partial charge in [-0.15, -0.1) is 0 Å². The van der Waals surface area contributed by atoms with Crippen molar-refractivity contribution in [3.05, 3.63) is 65.7 Å². The van der Waals surface area contributed by atoms with Crippen molar-refractivity contribution in [3.63, 3.8) is 0 Å². The molecule has 0 aromatic heterocycles. The van der Waals surface area contributed by atoms with Gasteiger partial charge in [0.05, 0.1) is 12.7 Å². The Morgan fingerprint density at radius 1 is 1.04 bits per heavy atom. The molecule has 2 rings (SSSR count). The zero-order valence-corrected chi connectivity index (χ0v) is 15.0. The van der Waals surface area contributed by atoms with E-state index in [1.165, 1.54) is 7.05 Å². The number of urea groups is 1. The maximum Gasteiger partial charge on any atom is 0.339 e. The van der Waals surface area contributed by atoms with Gasteiger partial charge in [-0.3, -0.25) is 10.1 Å². The summed E-state index contributed by atoms with van der Waals surface area (Å²) in [6.45, 7) is -0.575. The maximum absolute atomic E-state index is 12.6. The van der Waals surface area contributed by atoms with Crippen molar-refractivity contribution in [1.82, 2.24) is 10.6 Å². The van der Waals surface area contributed by atoms with Gasteiger partial charge >= 0.3 is 12.0 Å². The Hall–Kier alpha value is -3.61. The molecule has 2 N–H and O–H groups in total. The van der Waals surface area contributed by atoms with E-state index in [1.807, 2.05) is 17.4 Å². The number of methoxy groups -OCH3 is 1. The van der Waals surface area contributed by atoms with E-state index in [1.54, 1.807) is 55.7 Å². The molecule has 0 atom stereocenters. The molecule has 2 aromatic rings. The minimum absolute atomic E-state index is 0.275. The van der Waals surface area contributed by atoms with Gasteiger partial charge in [0.2, 0.25) is 0 Å². The summed E-state index contributed by atoms with van der Waals surface area (Å²) in [5, 5.41) is 4.27. The number of ether oxygens (including phenoxy) is 2. The first-order valence-electron chi connectivity index (χ1n) is 8.13. The molecular weight excluding hydrogens is 348 g/mol. The van der Waals surface area contributed by atoms with Crippen molar-refractivity contribution >= 4 is 29.6 Å². The number of esters is 1. The first kappa shape index (κ1) is 19.7. The van der Waals surface area contributed by atoms with Crippen LogP contribution in [0.25, 0.3) is 11.6 Å². The third kappa shape index (κ3) is 6.00. The van der Waals surface area contributed by atoms with E-state index in [4.69, 9.17) is 9.47 Å². The minimum atomic E-state index is -0.725. The number of imide groups is 1. The predicted octanol–water partition coefficient (Wildman–Crippen LogP) is 2.23. The fourth-order valence-corrected chi connectivity index (χ4v) is 2.21.